The van der Waals surface area contributed by atoms with Crippen LogP contribution in [0.3, 0.4) is 0 Å². The van der Waals surface area contributed by atoms with E-state index in [2.05, 4.69) is 10.1 Å². The first-order valence-corrected chi connectivity index (χ1v) is 10.6. The van der Waals surface area contributed by atoms with Crippen LogP contribution in [0.4, 0.5) is 0 Å². The number of phenols is 1. The van der Waals surface area contributed by atoms with E-state index in [-0.39, 0.29) is 11.7 Å². The van der Waals surface area contributed by atoms with Crippen LogP contribution in [0, 0.1) is 0 Å². The fraction of sp³-hybridized carbons (Fsp3) is 0.0800. The standard InChI is InChI=1S/C25H17ClN4O3/c1-32-18-9-4-14(5-10-18)21-19-11-8-17(31)12-20(19)33-25-22(21)24-28-23(29-30(24)13-27-25)15-2-6-16(26)7-3-15/h2-13,21,31H,1H3/t21-/m1/s1. The van der Waals surface area contributed by atoms with E-state index in [4.69, 9.17) is 26.1 Å². The molecule has 0 saturated heterocycles. The zero-order valence-corrected chi connectivity index (χ0v) is 18.2. The van der Waals surface area contributed by atoms with Gasteiger partial charge < -0.3 is 14.6 Å². The van der Waals surface area contributed by atoms with Gasteiger partial charge in [0.1, 0.15) is 23.6 Å². The Morgan fingerprint density at radius 1 is 1.03 bits per heavy atom. The molecule has 7 nitrogen and oxygen atoms in total. The van der Waals surface area contributed by atoms with Crippen molar-refractivity contribution in [3.8, 4) is 34.5 Å². The lowest BCUT2D eigenvalue weighted by atomic mass is 9.84. The van der Waals surface area contributed by atoms with Gasteiger partial charge in [0.25, 0.3) is 0 Å². The molecular weight excluding hydrogens is 440 g/mol. The van der Waals surface area contributed by atoms with Gasteiger partial charge in [0.15, 0.2) is 11.5 Å². The van der Waals surface area contributed by atoms with Crippen LogP contribution in [0.15, 0.2) is 73.1 Å². The first-order valence-electron chi connectivity index (χ1n) is 10.3. The molecule has 1 aliphatic rings. The number of hydrogen-bond donors (Lipinski definition) is 1. The van der Waals surface area contributed by atoms with Gasteiger partial charge in [0.05, 0.1) is 12.7 Å². The molecule has 33 heavy (non-hydrogen) atoms. The Hall–Kier alpha value is -4.10. The van der Waals surface area contributed by atoms with Crippen LogP contribution in [0.25, 0.3) is 17.0 Å². The lowest BCUT2D eigenvalue weighted by Crippen LogP contribution is -2.15. The zero-order chi connectivity index (χ0) is 22.5. The molecule has 1 N–H and O–H groups in total. The van der Waals surface area contributed by atoms with E-state index in [9.17, 15) is 5.11 Å². The third-order valence-corrected chi connectivity index (χ3v) is 5.99. The summed E-state index contributed by atoms with van der Waals surface area (Å²) >= 11 is 6.04. The lowest BCUT2D eigenvalue weighted by Gasteiger charge is -2.28. The number of nitrogens with zero attached hydrogens (tertiary/aromatic N) is 4. The minimum atomic E-state index is -0.228. The number of halogens is 1. The molecule has 1 atom stereocenters. The molecule has 3 aromatic carbocycles. The van der Waals surface area contributed by atoms with E-state index in [1.165, 1.54) is 0 Å². The van der Waals surface area contributed by atoms with Crippen molar-refractivity contribution in [3.63, 3.8) is 0 Å². The fourth-order valence-corrected chi connectivity index (χ4v) is 4.29. The molecule has 3 heterocycles. The summed E-state index contributed by atoms with van der Waals surface area (Å²) in [6, 6.07) is 20.3. The van der Waals surface area contributed by atoms with E-state index in [1.807, 2.05) is 54.6 Å². The average Bonchev–Trinajstić information content (AvgIpc) is 3.27. The molecule has 0 bridgehead atoms. The van der Waals surface area contributed by atoms with Crippen molar-refractivity contribution in [3.05, 3.63) is 94.8 Å². The molecule has 162 valence electrons. The second-order valence-electron chi connectivity index (χ2n) is 7.70. The topological polar surface area (TPSA) is 81.8 Å². The van der Waals surface area contributed by atoms with Gasteiger partial charge in [-0.3, -0.25) is 0 Å². The molecule has 0 unspecified atom stereocenters. The van der Waals surface area contributed by atoms with Gasteiger partial charge in [-0.15, -0.1) is 5.10 Å². The molecule has 0 fully saturated rings. The van der Waals surface area contributed by atoms with Crippen molar-refractivity contribution in [2.45, 2.75) is 5.92 Å². The van der Waals surface area contributed by atoms with E-state index < -0.39 is 0 Å². The lowest BCUT2D eigenvalue weighted by molar-refractivity contribution is 0.414. The van der Waals surface area contributed by atoms with E-state index in [1.54, 1.807) is 30.1 Å². The summed E-state index contributed by atoms with van der Waals surface area (Å²) < 4.78 is 13.1. The maximum atomic E-state index is 10.0. The van der Waals surface area contributed by atoms with Crippen molar-refractivity contribution in [1.29, 1.82) is 0 Å². The summed E-state index contributed by atoms with van der Waals surface area (Å²) in [4.78, 5) is 9.36. The Bertz CT molecular complexity index is 1500. The number of benzene rings is 3. The molecule has 8 heteroatoms. The van der Waals surface area contributed by atoms with Crippen molar-refractivity contribution in [2.24, 2.45) is 0 Å². The smallest absolute Gasteiger partial charge is 0.228 e. The summed E-state index contributed by atoms with van der Waals surface area (Å²) in [7, 11) is 1.64. The number of aromatic nitrogens is 4. The molecule has 6 rings (SSSR count). The summed E-state index contributed by atoms with van der Waals surface area (Å²) in [5.41, 5.74) is 4.20. The van der Waals surface area contributed by atoms with Crippen LogP contribution >= 0.6 is 11.6 Å². The van der Waals surface area contributed by atoms with Crippen LogP contribution in [0.5, 0.6) is 23.1 Å². The van der Waals surface area contributed by atoms with Gasteiger partial charge in [-0.1, -0.05) is 29.8 Å². The first-order chi connectivity index (χ1) is 16.1. The largest absolute Gasteiger partial charge is 0.508 e. The SMILES string of the molecule is COc1ccc([C@@H]2c3ccc(O)cc3Oc3ncn4nc(-c5ccc(Cl)cc5)nc4c32)cc1. The Labute approximate surface area is 193 Å². The van der Waals surface area contributed by atoms with E-state index in [0.717, 1.165) is 28.0 Å². The number of ether oxygens (including phenoxy) is 2. The Kier molecular flexibility index (Phi) is 4.45. The maximum absolute atomic E-state index is 10.0. The Morgan fingerprint density at radius 2 is 1.82 bits per heavy atom. The summed E-state index contributed by atoms with van der Waals surface area (Å²) in [5, 5.41) is 15.3. The highest BCUT2D eigenvalue weighted by Crippen LogP contribution is 2.48. The Balaban J connectivity index is 1.58. The Morgan fingerprint density at radius 3 is 2.58 bits per heavy atom. The predicted octanol–water partition coefficient (Wildman–Crippen LogP) is 5.44. The van der Waals surface area contributed by atoms with Gasteiger partial charge in [-0.25, -0.2) is 14.5 Å². The van der Waals surface area contributed by atoms with Gasteiger partial charge in [0.2, 0.25) is 5.88 Å². The van der Waals surface area contributed by atoms with Gasteiger partial charge in [-0.2, -0.15) is 0 Å². The monoisotopic (exact) mass is 456 g/mol. The molecule has 0 saturated carbocycles. The number of hydrogen-bond acceptors (Lipinski definition) is 6. The molecule has 0 aliphatic carbocycles. The normalized spacial score (nSPS) is 14.4. The van der Waals surface area contributed by atoms with Crippen LogP contribution in [0.2, 0.25) is 5.02 Å². The van der Waals surface area contributed by atoms with Crippen molar-refractivity contribution in [1.82, 2.24) is 19.6 Å². The number of phenolic OH excluding ortho intramolecular Hbond substituents is 1. The first kappa shape index (κ1) is 19.6. The molecule has 0 spiro atoms. The van der Waals surface area contributed by atoms with Gasteiger partial charge in [-0.05, 0) is 48.0 Å². The van der Waals surface area contributed by atoms with Crippen LogP contribution in [0.1, 0.15) is 22.6 Å². The number of aromatic hydroxyl groups is 1. The molecule has 2 aromatic heterocycles. The summed E-state index contributed by atoms with van der Waals surface area (Å²) in [5.74, 6) is 2.20. The molecule has 5 aromatic rings. The number of rotatable bonds is 3. The van der Waals surface area contributed by atoms with Crippen molar-refractivity contribution < 1.29 is 14.6 Å². The van der Waals surface area contributed by atoms with Crippen molar-refractivity contribution >= 4 is 17.2 Å². The quantitative estimate of drug-likeness (QED) is 0.381. The highest BCUT2D eigenvalue weighted by atomic mass is 35.5. The second kappa shape index (κ2) is 7.50. The molecular formula is C25H17ClN4O3. The van der Waals surface area contributed by atoms with E-state index in [0.29, 0.717) is 28.1 Å². The van der Waals surface area contributed by atoms with Crippen LogP contribution in [-0.4, -0.2) is 31.8 Å². The van der Waals surface area contributed by atoms with Gasteiger partial charge in [0, 0.05) is 28.1 Å². The molecule has 0 radical (unpaired) electrons. The minimum absolute atomic E-state index is 0.124. The average molecular weight is 457 g/mol. The summed E-state index contributed by atoms with van der Waals surface area (Å²) in [6.45, 7) is 0. The third kappa shape index (κ3) is 3.25. The minimum Gasteiger partial charge on any atom is -0.508 e. The number of methoxy groups -OCH3 is 1. The highest BCUT2D eigenvalue weighted by Gasteiger charge is 2.33. The highest BCUT2D eigenvalue weighted by molar-refractivity contribution is 6.30. The predicted molar refractivity (Wildman–Crippen MR) is 123 cm³/mol. The molecule has 0 amide bonds. The zero-order valence-electron chi connectivity index (χ0n) is 17.4. The fourth-order valence-electron chi connectivity index (χ4n) is 4.17. The summed E-state index contributed by atoms with van der Waals surface area (Å²) in [6.07, 6.45) is 1.58. The van der Waals surface area contributed by atoms with E-state index >= 15 is 0 Å². The van der Waals surface area contributed by atoms with Crippen LogP contribution in [-0.2, 0) is 0 Å². The molecule has 1 aliphatic heterocycles. The van der Waals surface area contributed by atoms with Crippen molar-refractivity contribution in [2.75, 3.05) is 7.11 Å². The van der Waals surface area contributed by atoms with Crippen LogP contribution < -0.4 is 9.47 Å². The maximum Gasteiger partial charge on any atom is 0.228 e. The number of fused-ring (bicyclic) bond motifs is 4. The second-order valence-corrected chi connectivity index (χ2v) is 8.14. The van der Waals surface area contributed by atoms with Gasteiger partial charge >= 0.3 is 0 Å². The third-order valence-electron chi connectivity index (χ3n) is 5.74.